The summed E-state index contributed by atoms with van der Waals surface area (Å²) < 4.78 is 20.6. The molecule has 2 aliphatic heterocycles. The number of ether oxygens (including phenoxy) is 1. The van der Waals surface area contributed by atoms with Gasteiger partial charge in [-0.1, -0.05) is 57.5 Å². The molecule has 2 unspecified atom stereocenters. The zero-order valence-electron chi connectivity index (χ0n) is 21.1. The van der Waals surface area contributed by atoms with E-state index < -0.39 is 11.4 Å². The molecule has 0 bridgehead atoms. The minimum absolute atomic E-state index is 0.00915. The molecule has 4 heterocycles. The van der Waals surface area contributed by atoms with E-state index in [9.17, 15) is 4.79 Å². The van der Waals surface area contributed by atoms with Crippen LogP contribution in [0.5, 0.6) is 0 Å². The van der Waals surface area contributed by atoms with Crippen molar-refractivity contribution in [3.8, 4) is 0 Å². The van der Waals surface area contributed by atoms with Crippen molar-refractivity contribution in [2.75, 3.05) is 30.3 Å². The summed E-state index contributed by atoms with van der Waals surface area (Å²) in [6, 6.07) is 0.00915. The lowest BCUT2D eigenvalue weighted by atomic mass is 9.90. The standard InChI is InChI=1S/C22H29ClFN5O2S.C2H6/c1-6-12-10-13-15-17(16(24)18(23)25-13)26-20(32-7-2)27-19(15)29-9-8-28(11-14(12)29)21(30)31-22(3,4)5;1-2/h12,14H,6-11H2,1-5H3;1-2H3. The van der Waals surface area contributed by atoms with Gasteiger partial charge in [-0.15, -0.1) is 0 Å². The second-order valence-electron chi connectivity index (χ2n) is 9.21. The van der Waals surface area contributed by atoms with Gasteiger partial charge >= 0.3 is 6.09 Å². The minimum atomic E-state index is -0.606. The number of pyridine rings is 1. The molecule has 7 nitrogen and oxygen atoms in total. The Morgan fingerprint density at radius 1 is 1.21 bits per heavy atom. The number of fused-ring (bicyclic) bond motifs is 2. The first-order valence-electron chi connectivity index (χ1n) is 12.1. The third-order valence-corrected chi connectivity index (χ3v) is 6.90. The smallest absolute Gasteiger partial charge is 0.410 e. The van der Waals surface area contributed by atoms with Gasteiger partial charge in [0, 0.05) is 19.6 Å². The van der Waals surface area contributed by atoms with Crippen LogP contribution in [0.15, 0.2) is 5.16 Å². The van der Waals surface area contributed by atoms with Crippen LogP contribution < -0.4 is 4.90 Å². The Morgan fingerprint density at radius 2 is 1.91 bits per heavy atom. The quantitative estimate of drug-likeness (QED) is 0.286. The molecular formula is C24H35ClFN5O2S. The molecule has 2 aliphatic rings. The van der Waals surface area contributed by atoms with Crippen molar-refractivity contribution in [2.24, 2.45) is 5.92 Å². The van der Waals surface area contributed by atoms with E-state index >= 15 is 4.39 Å². The van der Waals surface area contributed by atoms with E-state index in [-0.39, 0.29) is 28.7 Å². The molecule has 2 aromatic rings. The SMILES string of the molecule is CC.CCSc1nc2c3c(nc(Cl)c(F)c3n1)CC(CC)C1CN(C(=O)OC(C)(C)C)CCN21. The van der Waals surface area contributed by atoms with Crippen molar-refractivity contribution in [2.45, 2.75) is 78.1 Å². The maximum Gasteiger partial charge on any atom is 0.410 e. The number of nitrogens with zero attached hydrogens (tertiary/aromatic N) is 5. The fourth-order valence-corrected chi connectivity index (χ4v) is 5.25. The fraction of sp³-hybridized carbons (Fsp3) is 0.667. The van der Waals surface area contributed by atoms with Gasteiger partial charge in [-0.05, 0) is 38.9 Å². The second kappa shape index (κ2) is 10.8. The number of rotatable bonds is 3. The Morgan fingerprint density at radius 3 is 2.53 bits per heavy atom. The molecule has 0 spiro atoms. The highest BCUT2D eigenvalue weighted by Crippen LogP contribution is 2.40. The summed E-state index contributed by atoms with van der Waals surface area (Å²) in [5.74, 6) is 1.04. The fourth-order valence-electron chi connectivity index (χ4n) is 4.49. The number of hydrogen-bond donors (Lipinski definition) is 0. The largest absolute Gasteiger partial charge is 0.444 e. The Hall–Kier alpha value is -1.87. The Labute approximate surface area is 210 Å². The van der Waals surface area contributed by atoms with Gasteiger partial charge in [-0.3, -0.25) is 0 Å². The number of thioether (sulfide) groups is 1. The van der Waals surface area contributed by atoms with Gasteiger partial charge in [0.15, 0.2) is 16.1 Å². The number of amides is 1. The third kappa shape index (κ3) is 5.35. The van der Waals surface area contributed by atoms with E-state index in [4.69, 9.17) is 21.3 Å². The normalized spacial score (nSPS) is 19.8. The van der Waals surface area contributed by atoms with Gasteiger partial charge in [0.25, 0.3) is 0 Å². The van der Waals surface area contributed by atoms with Crippen LogP contribution in [0, 0.1) is 11.7 Å². The van der Waals surface area contributed by atoms with E-state index in [1.807, 2.05) is 41.5 Å². The van der Waals surface area contributed by atoms with Gasteiger partial charge in [-0.25, -0.2) is 24.1 Å². The number of anilines is 1. The van der Waals surface area contributed by atoms with Crippen molar-refractivity contribution in [1.29, 1.82) is 0 Å². The summed E-state index contributed by atoms with van der Waals surface area (Å²) >= 11 is 7.63. The van der Waals surface area contributed by atoms with Gasteiger partial charge in [0.2, 0.25) is 0 Å². The van der Waals surface area contributed by atoms with Crippen molar-refractivity contribution in [3.05, 3.63) is 16.7 Å². The highest BCUT2D eigenvalue weighted by molar-refractivity contribution is 7.99. The average Bonchev–Trinajstić information content (AvgIpc) is 2.92. The summed E-state index contributed by atoms with van der Waals surface area (Å²) in [5.41, 5.74) is 0.395. The van der Waals surface area contributed by atoms with E-state index in [1.165, 1.54) is 11.8 Å². The summed E-state index contributed by atoms with van der Waals surface area (Å²) in [7, 11) is 0. The first-order chi connectivity index (χ1) is 16.1. The molecule has 10 heteroatoms. The van der Waals surface area contributed by atoms with E-state index in [2.05, 4.69) is 21.8 Å². The number of aromatic nitrogens is 3. The Bertz CT molecular complexity index is 1050. The molecule has 0 aliphatic carbocycles. The number of carbonyl (C=O) groups is 1. The van der Waals surface area contributed by atoms with E-state index in [0.29, 0.717) is 42.4 Å². The third-order valence-electron chi connectivity index (χ3n) is 5.92. The van der Waals surface area contributed by atoms with Crippen LogP contribution in [0.3, 0.4) is 0 Å². The number of piperazine rings is 1. The number of carbonyl (C=O) groups excluding carboxylic acids is 1. The molecule has 1 amide bonds. The lowest BCUT2D eigenvalue weighted by Gasteiger charge is -2.44. The lowest BCUT2D eigenvalue weighted by Crippen LogP contribution is -2.58. The second-order valence-corrected chi connectivity index (χ2v) is 10.8. The number of halogens is 2. The van der Waals surface area contributed by atoms with Gasteiger partial charge in [0.05, 0.1) is 17.1 Å². The molecule has 188 valence electrons. The van der Waals surface area contributed by atoms with Crippen LogP contribution in [-0.4, -0.2) is 63.0 Å². The minimum Gasteiger partial charge on any atom is -0.444 e. The Balaban J connectivity index is 0.00000158. The molecule has 34 heavy (non-hydrogen) atoms. The van der Waals surface area contributed by atoms with Crippen LogP contribution in [0.25, 0.3) is 10.9 Å². The maximum absolute atomic E-state index is 15.0. The summed E-state index contributed by atoms with van der Waals surface area (Å²) in [4.78, 5) is 30.5. The summed E-state index contributed by atoms with van der Waals surface area (Å²) in [6.45, 7) is 15.3. The lowest BCUT2D eigenvalue weighted by molar-refractivity contribution is 0.0196. The maximum atomic E-state index is 15.0. The zero-order valence-corrected chi connectivity index (χ0v) is 22.7. The molecule has 0 N–H and O–H groups in total. The first kappa shape index (κ1) is 26.7. The molecule has 1 fully saturated rings. The van der Waals surface area contributed by atoms with Gasteiger partial charge < -0.3 is 14.5 Å². The highest BCUT2D eigenvalue weighted by atomic mass is 35.5. The topological polar surface area (TPSA) is 71.5 Å². The van der Waals surface area contributed by atoms with Crippen molar-refractivity contribution in [1.82, 2.24) is 19.9 Å². The predicted molar refractivity (Wildman–Crippen MR) is 136 cm³/mol. The van der Waals surface area contributed by atoms with Crippen molar-refractivity contribution in [3.63, 3.8) is 0 Å². The van der Waals surface area contributed by atoms with E-state index in [1.54, 1.807) is 4.90 Å². The predicted octanol–water partition coefficient (Wildman–Crippen LogP) is 5.96. The summed E-state index contributed by atoms with van der Waals surface area (Å²) in [6.07, 6.45) is 1.18. The molecule has 1 saturated heterocycles. The van der Waals surface area contributed by atoms with Crippen molar-refractivity contribution < 1.29 is 13.9 Å². The molecule has 2 atom stereocenters. The van der Waals surface area contributed by atoms with Crippen LogP contribution in [-0.2, 0) is 11.2 Å². The highest BCUT2D eigenvalue weighted by Gasteiger charge is 2.40. The molecule has 0 aromatic carbocycles. The first-order valence-corrected chi connectivity index (χ1v) is 13.4. The van der Waals surface area contributed by atoms with Crippen molar-refractivity contribution >= 4 is 46.2 Å². The summed E-state index contributed by atoms with van der Waals surface area (Å²) in [5, 5.41) is 0.999. The van der Waals surface area contributed by atoms with Gasteiger partial charge in [-0.2, -0.15) is 0 Å². The van der Waals surface area contributed by atoms with Crippen LogP contribution in [0.2, 0.25) is 5.15 Å². The molecule has 4 rings (SSSR count). The average molecular weight is 512 g/mol. The Kier molecular flexibility index (Phi) is 8.50. The molecule has 2 aromatic heterocycles. The number of hydrogen-bond acceptors (Lipinski definition) is 7. The van der Waals surface area contributed by atoms with Crippen LogP contribution in [0.1, 0.15) is 60.6 Å². The van der Waals surface area contributed by atoms with E-state index in [0.717, 1.165) is 17.9 Å². The monoisotopic (exact) mass is 511 g/mol. The van der Waals surface area contributed by atoms with Crippen LogP contribution >= 0.6 is 23.4 Å². The molecule has 0 radical (unpaired) electrons. The van der Waals surface area contributed by atoms with Gasteiger partial charge in [0.1, 0.15) is 16.9 Å². The zero-order chi connectivity index (χ0) is 25.2. The van der Waals surface area contributed by atoms with Crippen LogP contribution in [0.4, 0.5) is 15.0 Å². The molecular weight excluding hydrogens is 477 g/mol. The molecule has 0 saturated carbocycles.